The summed E-state index contributed by atoms with van der Waals surface area (Å²) in [5.74, 6) is -0.418. The molecule has 0 aliphatic rings. The van der Waals surface area contributed by atoms with Crippen LogP contribution in [-0.2, 0) is 11.0 Å². The number of hydrogen-bond donors (Lipinski definition) is 2. The van der Waals surface area contributed by atoms with Crippen LogP contribution < -0.4 is 15.8 Å². The fourth-order valence-corrected chi connectivity index (χ4v) is 3.87. The SMILES string of the molecule is CN(C)c1ccc(/C(=C/C=C/C(=O)Nc2cccc3c(=O)[nH]ccc23)c2ccc(C(F)(F)F)cc2)cc1. The van der Waals surface area contributed by atoms with Crippen molar-refractivity contribution in [3.05, 3.63) is 124 Å². The van der Waals surface area contributed by atoms with Gasteiger partial charge in [0.05, 0.1) is 5.56 Å². The van der Waals surface area contributed by atoms with E-state index >= 15 is 0 Å². The van der Waals surface area contributed by atoms with Gasteiger partial charge in [-0.05, 0) is 59.2 Å². The number of hydrogen-bond acceptors (Lipinski definition) is 3. The first-order valence-corrected chi connectivity index (χ1v) is 11.4. The summed E-state index contributed by atoms with van der Waals surface area (Å²) >= 11 is 0. The van der Waals surface area contributed by atoms with Crippen LogP contribution in [-0.4, -0.2) is 25.0 Å². The van der Waals surface area contributed by atoms with Crippen LogP contribution in [0.2, 0.25) is 0 Å². The zero-order chi connectivity index (χ0) is 26.6. The van der Waals surface area contributed by atoms with Crippen molar-refractivity contribution in [1.29, 1.82) is 0 Å². The Balaban J connectivity index is 1.63. The third kappa shape index (κ3) is 5.98. The van der Waals surface area contributed by atoms with Gasteiger partial charge in [-0.15, -0.1) is 0 Å². The van der Waals surface area contributed by atoms with Crippen molar-refractivity contribution in [2.24, 2.45) is 0 Å². The number of carbonyl (C=O) groups is 1. The lowest BCUT2D eigenvalue weighted by Crippen LogP contribution is -2.10. The maximum absolute atomic E-state index is 13.1. The smallest absolute Gasteiger partial charge is 0.378 e. The molecule has 188 valence electrons. The average Bonchev–Trinajstić information content (AvgIpc) is 2.87. The van der Waals surface area contributed by atoms with Gasteiger partial charge in [0.2, 0.25) is 5.91 Å². The molecule has 1 heterocycles. The molecule has 0 radical (unpaired) electrons. The Bertz CT molecular complexity index is 1530. The number of halogens is 3. The van der Waals surface area contributed by atoms with Gasteiger partial charge in [-0.25, -0.2) is 0 Å². The van der Waals surface area contributed by atoms with E-state index in [0.29, 0.717) is 27.6 Å². The molecule has 5 nitrogen and oxygen atoms in total. The number of amides is 1. The molecule has 0 unspecified atom stereocenters. The molecule has 2 N–H and O–H groups in total. The Morgan fingerprint density at radius 3 is 2.16 bits per heavy atom. The average molecular weight is 504 g/mol. The molecule has 8 heteroatoms. The predicted molar refractivity (Wildman–Crippen MR) is 142 cm³/mol. The fourth-order valence-electron chi connectivity index (χ4n) is 3.87. The Morgan fingerprint density at radius 2 is 1.54 bits per heavy atom. The summed E-state index contributed by atoms with van der Waals surface area (Å²) in [7, 11) is 3.82. The molecular weight excluding hydrogens is 479 g/mol. The van der Waals surface area contributed by atoms with E-state index < -0.39 is 17.6 Å². The summed E-state index contributed by atoms with van der Waals surface area (Å²) < 4.78 is 39.2. The van der Waals surface area contributed by atoms with E-state index in [1.807, 2.05) is 43.3 Å². The third-order valence-electron chi connectivity index (χ3n) is 5.80. The Hall–Kier alpha value is -4.59. The largest absolute Gasteiger partial charge is 0.416 e. The van der Waals surface area contributed by atoms with Crippen LogP contribution in [0.1, 0.15) is 16.7 Å². The Morgan fingerprint density at radius 1 is 0.892 bits per heavy atom. The van der Waals surface area contributed by atoms with Crippen LogP contribution in [0.3, 0.4) is 0 Å². The molecule has 1 aromatic heterocycles. The van der Waals surface area contributed by atoms with Crippen molar-refractivity contribution in [3.8, 4) is 0 Å². The molecule has 0 spiro atoms. The number of aromatic nitrogens is 1. The van der Waals surface area contributed by atoms with Crippen molar-refractivity contribution < 1.29 is 18.0 Å². The molecule has 0 aliphatic carbocycles. The van der Waals surface area contributed by atoms with Crippen molar-refractivity contribution in [3.63, 3.8) is 0 Å². The molecular formula is C29H24F3N3O2. The van der Waals surface area contributed by atoms with E-state index in [9.17, 15) is 22.8 Å². The molecule has 0 atom stereocenters. The lowest BCUT2D eigenvalue weighted by molar-refractivity contribution is -0.137. The first kappa shape index (κ1) is 25.5. The normalized spacial score (nSPS) is 12.2. The van der Waals surface area contributed by atoms with Gasteiger partial charge < -0.3 is 15.2 Å². The zero-order valence-electron chi connectivity index (χ0n) is 20.1. The minimum atomic E-state index is -4.43. The highest BCUT2D eigenvalue weighted by Crippen LogP contribution is 2.32. The van der Waals surface area contributed by atoms with E-state index in [1.165, 1.54) is 24.4 Å². The Labute approximate surface area is 211 Å². The van der Waals surface area contributed by atoms with E-state index in [4.69, 9.17) is 0 Å². The maximum Gasteiger partial charge on any atom is 0.416 e. The van der Waals surface area contributed by atoms with E-state index in [2.05, 4.69) is 10.3 Å². The van der Waals surface area contributed by atoms with Crippen LogP contribution in [0.4, 0.5) is 24.5 Å². The highest BCUT2D eigenvalue weighted by molar-refractivity contribution is 6.06. The summed E-state index contributed by atoms with van der Waals surface area (Å²) in [6.07, 6.45) is 1.63. The van der Waals surface area contributed by atoms with Crippen LogP contribution in [0.15, 0.2) is 102 Å². The number of allylic oxidation sites excluding steroid dienone is 2. The van der Waals surface area contributed by atoms with E-state index in [-0.39, 0.29) is 5.56 Å². The first-order valence-electron chi connectivity index (χ1n) is 11.4. The number of rotatable bonds is 6. The second kappa shape index (κ2) is 10.6. The number of fused-ring (bicyclic) bond motifs is 1. The molecule has 4 aromatic rings. The summed E-state index contributed by atoms with van der Waals surface area (Å²) in [5, 5.41) is 3.83. The van der Waals surface area contributed by atoms with Crippen molar-refractivity contribution in [2.45, 2.75) is 6.18 Å². The summed E-state index contributed by atoms with van der Waals surface area (Å²) in [6, 6.07) is 19.2. The van der Waals surface area contributed by atoms with E-state index in [1.54, 1.807) is 36.4 Å². The molecule has 0 bridgehead atoms. The second-order valence-electron chi connectivity index (χ2n) is 8.52. The van der Waals surface area contributed by atoms with Gasteiger partial charge in [-0.3, -0.25) is 9.59 Å². The second-order valence-corrected chi connectivity index (χ2v) is 8.52. The quantitative estimate of drug-likeness (QED) is 0.242. The Kier molecular flexibility index (Phi) is 7.29. The van der Waals surface area contributed by atoms with Gasteiger partial charge >= 0.3 is 6.18 Å². The summed E-state index contributed by atoms with van der Waals surface area (Å²) in [5.41, 5.74) is 2.48. The van der Waals surface area contributed by atoms with Gasteiger partial charge in [0.15, 0.2) is 0 Å². The number of nitrogens with one attached hydrogen (secondary N) is 2. The van der Waals surface area contributed by atoms with Gasteiger partial charge in [0.1, 0.15) is 0 Å². The van der Waals surface area contributed by atoms with Crippen molar-refractivity contribution in [1.82, 2.24) is 4.98 Å². The highest BCUT2D eigenvalue weighted by atomic mass is 19.4. The van der Waals surface area contributed by atoms with Crippen LogP contribution >= 0.6 is 0 Å². The summed E-state index contributed by atoms with van der Waals surface area (Å²) in [4.78, 5) is 29.2. The monoisotopic (exact) mass is 503 g/mol. The van der Waals surface area contributed by atoms with Gasteiger partial charge in [0, 0.05) is 48.5 Å². The highest BCUT2D eigenvalue weighted by Gasteiger charge is 2.30. The number of pyridine rings is 1. The minimum absolute atomic E-state index is 0.256. The van der Waals surface area contributed by atoms with E-state index in [0.717, 1.165) is 23.4 Å². The predicted octanol–water partition coefficient (Wildman–Crippen LogP) is 6.24. The number of aromatic amines is 1. The fraction of sp³-hybridized carbons (Fsp3) is 0.103. The van der Waals surface area contributed by atoms with Crippen molar-refractivity contribution >= 4 is 33.6 Å². The molecule has 37 heavy (non-hydrogen) atoms. The standard InChI is InChI=1S/C29H24F3N3O2/c1-35(2)22-15-11-20(12-16-22)23(19-9-13-21(14-10-19)29(30,31)32)5-4-8-27(36)34-26-7-3-6-25-24(26)17-18-33-28(25)37/h3-18H,1-2H3,(H,33,37)(H,34,36)/b8-4+,23-5+. The molecule has 1 amide bonds. The molecule has 0 aliphatic heterocycles. The number of anilines is 2. The first-order chi connectivity index (χ1) is 17.6. The lowest BCUT2D eigenvalue weighted by Gasteiger charge is -2.14. The molecule has 3 aromatic carbocycles. The zero-order valence-corrected chi connectivity index (χ0v) is 20.1. The number of carbonyl (C=O) groups excluding carboxylic acids is 1. The van der Waals surface area contributed by atoms with Gasteiger partial charge in [-0.1, -0.05) is 42.5 Å². The molecule has 0 saturated heterocycles. The number of H-pyrrole nitrogens is 1. The van der Waals surface area contributed by atoms with Gasteiger partial charge in [-0.2, -0.15) is 13.2 Å². The number of alkyl halides is 3. The molecule has 0 saturated carbocycles. The molecule has 0 fully saturated rings. The third-order valence-corrected chi connectivity index (χ3v) is 5.80. The van der Waals surface area contributed by atoms with Crippen LogP contribution in [0, 0.1) is 0 Å². The number of benzene rings is 3. The molecule has 4 rings (SSSR count). The lowest BCUT2D eigenvalue weighted by atomic mass is 9.96. The number of nitrogens with zero attached hydrogens (tertiary/aromatic N) is 1. The van der Waals surface area contributed by atoms with Crippen LogP contribution in [0.5, 0.6) is 0 Å². The maximum atomic E-state index is 13.1. The van der Waals surface area contributed by atoms with Crippen LogP contribution in [0.25, 0.3) is 16.3 Å². The van der Waals surface area contributed by atoms with Crippen molar-refractivity contribution in [2.75, 3.05) is 24.3 Å². The minimum Gasteiger partial charge on any atom is -0.378 e. The topological polar surface area (TPSA) is 65.2 Å². The van der Waals surface area contributed by atoms with Gasteiger partial charge in [0.25, 0.3) is 5.56 Å². The summed E-state index contributed by atoms with van der Waals surface area (Å²) in [6.45, 7) is 0.